The zero-order valence-corrected chi connectivity index (χ0v) is 17.0. The second-order valence-electron chi connectivity index (χ2n) is 8.67. The molecule has 6 nitrogen and oxygen atoms in total. The number of likely N-dealkylation sites (tertiary alicyclic amines) is 1. The Morgan fingerprint density at radius 3 is 2.45 bits per heavy atom. The van der Waals surface area contributed by atoms with E-state index in [1.54, 1.807) is 12.1 Å². The monoisotopic (exact) mass is 477 g/mol. The molecule has 0 amide bonds. The number of halogens is 6. The number of likely N-dealkylation sites (N-methyl/N-ethyl adjacent to an activating group) is 1. The highest BCUT2D eigenvalue weighted by Crippen LogP contribution is 2.62. The van der Waals surface area contributed by atoms with Crippen molar-refractivity contribution in [2.24, 2.45) is 5.92 Å². The Morgan fingerprint density at radius 1 is 1.09 bits per heavy atom. The van der Waals surface area contributed by atoms with Gasteiger partial charge in [0.25, 0.3) is 0 Å². The third-order valence-electron chi connectivity index (χ3n) is 7.02. The number of hydrogen-bond acceptors (Lipinski definition) is 6. The van der Waals surface area contributed by atoms with Crippen molar-refractivity contribution in [2.45, 2.75) is 48.9 Å². The van der Waals surface area contributed by atoms with E-state index in [9.17, 15) is 35.9 Å². The average Bonchev–Trinajstić information content (AvgIpc) is 3.07. The van der Waals surface area contributed by atoms with Gasteiger partial charge in [-0.1, -0.05) is 12.1 Å². The Labute approximate surface area is 183 Å². The summed E-state index contributed by atoms with van der Waals surface area (Å²) >= 11 is 0. The van der Waals surface area contributed by atoms with Crippen molar-refractivity contribution in [3.8, 4) is 11.5 Å². The Balaban J connectivity index is 1.61. The third kappa shape index (κ3) is 3.13. The number of hydrogen-bond donors (Lipinski definition) is 0. The third-order valence-corrected chi connectivity index (χ3v) is 7.02. The molecule has 1 saturated heterocycles. The molecule has 1 aromatic rings. The van der Waals surface area contributed by atoms with Crippen LogP contribution in [0.1, 0.15) is 17.5 Å². The summed E-state index contributed by atoms with van der Waals surface area (Å²) in [7, 11) is 1.91. The van der Waals surface area contributed by atoms with Crippen LogP contribution in [0, 0.1) is 5.92 Å². The molecule has 0 aromatic heterocycles. The summed E-state index contributed by atoms with van der Waals surface area (Å²) in [5.41, 5.74) is 0.307. The van der Waals surface area contributed by atoms with E-state index in [1.807, 2.05) is 7.05 Å². The zero-order chi connectivity index (χ0) is 23.9. The van der Waals surface area contributed by atoms with E-state index < -0.39 is 47.7 Å². The normalized spacial score (nSPS) is 32.1. The molecule has 1 fully saturated rings. The van der Waals surface area contributed by atoms with Crippen LogP contribution in [0.2, 0.25) is 0 Å². The predicted molar refractivity (Wildman–Crippen MR) is 97.5 cm³/mol. The van der Waals surface area contributed by atoms with Gasteiger partial charge in [-0.05, 0) is 44.1 Å². The minimum Gasteiger partial charge on any atom is -0.481 e. The van der Waals surface area contributed by atoms with E-state index in [2.05, 4.69) is 9.64 Å². The molecule has 5 unspecified atom stereocenters. The van der Waals surface area contributed by atoms with Crippen LogP contribution in [0.4, 0.5) is 26.3 Å². The lowest BCUT2D eigenvalue weighted by atomic mass is 9.53. The van der Waals surface area contributed by atoms with Gasteiger partial charge in [0, 0.05) is 22.9 Å². The van der Waals surface area contributed by atoms with Gasteiger partial charge >= 0.3 is 24.3 Å². The van der Waals surface area contributed by atoms with Crippen LogP contribution < -0.4 is 9.47 Å². The molecule has 0 radical (unpaired) electrons. The highest BCUT2D eigenvalue weighted by Gasteiger charge is 2.65. The average molecular weight is 477 g/mol. The van der Waals surface area contributed by atoms with Crippen LogP contribution in [0.15, 0.2) is 24.3 Å². The van der Waals surface area contributed by atoms with E-state index >= 15 is 0 Å². The highest BCUT2D eigenvalue weighted by atomic mass is 19.4. The SMILES string of the molecule is CN1CCC23c4c5ccc(OC(=O)C(F)(F)F)c4OC2C(OC(=O)C(F)(F)F)C=CC3C1C5. The molecular formula is C21H17F6NO5. The van der Waals surface area contributed by atoms with Crippen molar-refractivity contribution in [3.05, 3.63) is 35.4 Å². The Hall–Kier alpha value is -2.76. The Bertz CT molecular complexity index is 1070. The first-order valence-electron chi connectivity index (χ1n) is 10.1. The van der Waals surface area contributed by atoms with Crippen LogP contribution in [0.25, 0.3) is 0 Å². The molecule has 0 saturated carbocycles. The molecule has 2 heterocycles. The van der Waals surface area contributed by atoms with Gasteiger partial charge in [0.2, 0.25) is 0 Å². The van der Waals surface area contributed by atoms with E-state index in [4.69, 9.17) is 9.47 Å². The summed E-state index contributed by atoms with van der Waals surface area (Å²) in [4.78, 5) is 25.1. The summed E-state index contributed by atoms with van der Waals surface area (Å²) in [5.74, 6) is -5.68. The summed E-state index contributed by atoms with van der Waals surface area (Å²) in [6.07, 6.45) is -9.07. The first-order chi connectivity index (χ1) is 15.3. The molecule has 1 aromatic carbocycles. The maximum Gasteiger partial charge on any atom is 0.491 e. The largest absolute Gasteiger partial charge is 0.491 e. The number of piperidine rings is 1. The van der Waals surface area contributed by atoms with Gasteiger partial charge in [-0.2, -0.15) is 26.3 Å². The predicted octanol–water partition coefficient (Wildman–Crippen LogP) is 3.07. The molecule has 5 rings (SSSR count). The van der Waals surface area contributed by atoms with Crippen LogP contribution in [-0.4, -0.2) is 61.0 Å². The maximum atomic E-state index is 12.9. The van der Waals surface area contributed by atoms with Gasteiger partial charge in [-0.15, -0.1) is 0 Å². The first kappa shape index (κ1) is 22.1. The van der Waals surface area contributed by atoms with Crippen molar-refractivity contribution < 1.29 is 50.1 Å². The number of carbonyl (C=O) groups is 2. The Kier molecular flexibility index (Phi) is 4.59. The molecule has 2 aliphatic heterocycles. The number of benzene rings is 1. The Morgan fingerprint density at radius 2 is 1.79 bits per heavy atom. The molecule has 5 atom stereocenters. The highest BCUT2D eigenvalue weighted by molar-refractivity contribution is 5.80. The van der Waals surface area contributed by atoms with Crippen molar-refractivity contribution in [3.63, 3.8) is 0 Å². The van der Waals surface area contributed by atoms with E-state index in [0.717, 1.165) is 5.56 Å². The second-order valence-corrected chi connectivity index (χ2v) is 8.67. The number of esters is 2. The van der Waals surface area contributed by atoms with Gasteiger partial charge in [0.05, 0.1) is 0 Å². The van der Waals surface area contributed by atoms with Crippen LogP contribution in [0.5, 0.6) is 11.5 Å². The number of nitrogens with zero attached hydrogens (tertiary/aromatic N) is 1. The molecule has 1 spiro atoms. The summed E-state index contributed by atoms with van der Waals surface area (Å²) in [6, 6.07) is 2.69. The van der Waals surface area contributed by atoms with Crippen molar-refractivity contribution in [2.75, 3.05) is 13.6 Å². The minimum atomic E-state index is -5.25. The summed E-state index contributed by atoms with van der Waals surface area (Å²) < 4.78 is 92.2. The lowest BCUT2D eigenvalue weighted by Gasteiger charge is -2.56. The maximum absolute atomic E-state index is 12.9. The van der Waals surface area contributed by atoms with Crippen molar-refractivity contribution in [1.82, 2.24) is 4.90 Å². The molecule has 12 heteroatoms. The van der Waals surface area contributed by atoms with E-state index in [-0.39, 0.29) is 17.7 Å². The fourth-order valence-electron chi connectivity index (χ4n) is 5.74. The molecule has 2 bridgehead atoms. The molecule has 33 heavy (non-hydrogen) atoms. The number of carbonyl (C=O) groups excluding carboxylic acids is 2. The zero-order valence-electron chi connectivity index (χ0n) is 17.0. The molecule has 0 N–H and O–H groups in total. The minimum absolute atomic E-state index is 0.0395. The molecule has 2 aliphatic carbocycles. The fraction of sp³-hybridized carbons (Fsp3) is 0.524. The lowest BCUT2D eigenvalue weighted by molar-refractivity contribution is -0.208. The van der Waals surface area contributed by atoms with Crippen LogP contribution >= 0.6 is 0 Å². The standard InChI is InChI=1S/C21H17F6NO5/c1-28-7-6-19-10-3-5-13(32-18(30)21(25,26)27)16(19)33-15-12(31-17(29)20(22,23)24)4-2-9(14(15)19)8-11(10)28/h2-5,10-11,13,16H,6-8H2,1H3. The van der Waals surface area contributed by atoms with Crippen LogP contribution in [-0.2, 0) is 26.2 Å². The summed E-state index contributed by atoms with van der Waals surface area (Å²) in [6.45, 7) is 0.542. The smallest absolute Gasteiger partial charge is 0.481 e. The van der Waals surface area contributed by atoms with Gasteiger partial charge in [-0.3, -0.25) is 0 Å². The molecular weight excluding hydrogens is 460 g/mol. The van der Waals surface area contributed by atoms with Gasteiger partial charge in [0.15, 0.2) is 17.6 Å². The van der Waals surface area contributed by atoms with Gasteiger partial charge in [-0.25, -0.2) is 9.59 Å². The van der Waals surface area contributed by atoms with Crippen LogP contribution in [0.3, 0.4) is 0 Å². The first-order valence-corrected chi connectivity index (χ1v) is 10.1. The molecule has 178 valence electrons. The van der Waals surface area contributed by atoms with Gasteiger partial charge in [0.1, 0.15) is 6.10 Å². The topological polar surface area (TPSA) is 65.1 Å². The summed E-state index contributed by atoms with van der Waals surface area (Å²) in [5, 5.41) is 0. The van der Waals surface area contributed by atoms with Crippen molar-refractivity contribution >= 4 is 11.9 Å². The number of rotatable bonds is 2. The quantitative estimate of drug-likeness (QED) is 0.283. The number of alkyl halides is 6. The molecule has 4 aliphatic rings. The van der Waals surface area contributed by atoms with Gasteiger partial charge < -0.3 is 19.1 Å². The second kappa shape index (κ2) is 6.87. The van der Waals surface area contributed by atoms with E-state index in [0.29, 0.717) is 24.9 Å². The fourth-order valence-corrected chi connectivity index (χ4v) is 5.74. The number of ether oxygens (including phenoxy) is 3. The van der Waals surface area contributed by atoms with Crippen molar-refractivity contribution in [1.29, 1.82) is 0 Å². The lowest BCUT2D eigenvalue weighted by Crippen LogP contribution is -2.65. The van der Waals surface area contributed by atoms with E-state index in [1.165, 1.54) is 12.1 Å².